The van der Waals surface area contributed by atoms with Gasteiger partial charge in [0.05, 0.1) is 0 Å². The Morgan fingerprint density at radius 2 is 1.63 bits per heavy atom. The van der Waals surface area contributed by atoms with Gasteiger partial charge in [-0.2, -0.15) is 0 Å². The molecule has 0 aliphatic rings. The first-order chi connectivity index (χ1) is 13.1. The summed E-state index contributed by atoms with van der Waals surface area (Å²) in [6.07, 6.45) is 3.91. The molecule has 2 aromatic rings. The van der Waals surface area contributed by atoms with E-state index in [1.165, 1.54) is 0 Å². The summed E-state index contributed by atoms with van der Waals surface area (Å²) in [6.45, 7) is 6.73. The zero-order valence-electron chi connectivity index (χ0n) is 16.6. The van der Waals surface area contributed by atoms with Crippen LogP contribution in [0.2, 0.25) is 0 Å². The Kier molecular flexibility index (Phi) is 8.05. The minimum atomic E-state index is -0.0454. The normalized spacial score (nSPS) is 11.7. The summed E-state index contributed by atoms with van der Waals surface area (Å²) >= 11 is 0. The fraction of sp³-hybridized carbons (Fsp3) is 0.391. The molecule has 2 aromatic carbocycles. The molecule has 27 heavy (non-hydrogen) atoms. The van der Waals surface area contributed by atoms with Gasteiger partial charge in [0.25, 0.3) is 5.91 Å². The molecule has 0 heterocycles. The van der Waals surface area contributed by atoms with Crippen molar-refractivity contribution in [1.82, 2.24) is 0 Å². The predicted octanol–water partition coefficient (Wildman–Crippen LogP) is 5.51. The molecule has 0 aliphatic carbocycles. The fourth-order valence-corrected chi connectivity index (χ4v) is 3.12. The van der Waals surface area contributed by atoms with E-state index >= 15 is 0 Å². The quantitative estimate of drug-likeness (QED) is 0.636. The third-order valence-corrected chi connectivity index (χ3v) is 4.80. The van der Waals surface area contributed by atoms with Gasteiger partial charge in [0, 0.05) is 29.4 Å². The lowest BCUT2D eigenvalue weighted by Crippen LogP contribution is -2.30. The lowest BCUT2D eigenvalue weighted by Gasteiger charge is -2.21. The number of para-hydroxylation sites is 1. The van der Waals surface area contributed by atoms with Gasteiger partial charge in [-0.05, 0) is 56.2 Å². The third kappa shape index (κ3) is 5.68. The van der Waals surface area contributed by atoms with Crippen molar-refractivity contribution in [2.75, 3.05) is 16.8 Å². The summed E-state index contributed by atoms with van der Waals surface area (Å²) in [7, 11) is 0. The molecule has 1 atom stereocenters. The molecule has 0 aliphatic heterocycles. The maximum Gasteiger partial charge on any atom is 0.258 e. The molecule has 0 radical (unpaired) electrons. The van der Waals surface area contributed by atoms with Crippen molar-refractivity contribution in [2.24, 2.45) is 5.92 Å². The number of carbonyl (C=O) groups excluding carboxylic acids is 2. The van der Waals surface area contributed by atoms with E-state index in [1.54, 1.807) is 29.2 Å². The minimum Gasteiger partial charge on any atom is -0.326 e. The van der Waals surface area contributed by atoms with E-state index in [2.05, 4.69) is 12.2 Å². The average molecular weight is 367 g/mol. The van der Waals surface area contributed by atoms with E-state index in [-0.39, 0.29) is 17.7 Å². The number of nitrogens with one attached hydrogen (secondary N) is 1. The van der Waals surface area contributed by atoms with Crippen LogP contribution in [0.3, 0.4) is 0 Å². The van der Waals surface area contributed by atoms with Gasteiger partial charge in [0.2, 0.25) is 5.91 Å². The van der Waals surface area contributed by atoms with E-state index < -0.39 is 0 Å². The largest absolute Gasteiger partial charge is 0.326 e. The molecule has 1 unspecified atom stereocenters. The Balaban J connectivity index is 2.05. The molecule has 0 fully saturated rings. The predicted molar refractivity (Wildman–Crippen MR) is 112 cm³/mol. The number of rotatable bonds is 9. The molecule has 4 heteroatoms. The number of anilines is 2. The van der Waals surface area contributed by atoms with Crippen LogP contribution in [0.1, 0.15) is 56.8 Å². The summed E-state index contributed by atoms with van der Waals surface area (Å²) in [4.78, 5) is 27.0. The van der Waals surface area contributed by atoms with E-state index in [4.69, 9.17) is 0 Å². The maximum atomic E-state index is 12.8. The van der Waals surface area contributed by atoms with Gasteiger partial charge in [-0.3, -0.25) is 9.59 Å². The van der Waals surface area contributed by atoms with Crippen LogP contribution in [0, 0.1) is 5.92 Å². The number of benzene rings is 2. The minimum absolute atomic E-state index is 0.0416. The molecule has 144 valence electrons. The molecular weight excluding hydrogens is 336 g/mol. The van der Waals surface area contributed by atoms with E-state index in [0.29, 0.717) is 12.1 Å². The Morgan fingerprint density at radius 3 is 2.19 bits per heavy atom. The van der Waals surface area contributed by atoms with E-state index in [9.17, 15) is 9.59 Å². The van der Waals surface area contributed by atoms with Crippen LogP contribution in [0.4, 0.5) is 11.4 Å². The van der Waals surface area contributed by atoms with Crippen LogP contribution in [0.25, 0.3) is 0 Å². The van der Waals surface area contributed by atoms with Crippen molar-refractivity contribution >= 4 is 23.2 Å². The fourth-order valence-electron chi connectivity index (χ4n) is 3.12. The highest BCUT2D eigenvalue weighted by molar-refractivity contribution is 6.06. The monoisotopic (exact) mass is 366 g/mol. The lowest BCUT2D eigenvalue weighted by molar-refractivity contribution is -0.120. The van der Waals surface area contributed by atoms with Gasteiger partial charge in [-0.25, -0.2) is 0 Å². The zero-order valence-corrected chi connectivity index (χ0v) is 16.6. The van der Waals surface area contributed by atoms with Crippen LogP contribution in [-0.2, 0) is 4.79 Å². The van der Waals surface area contributed by atoms with Crippen molar-refractivity contribution in [3.05, 3.63) is 60.2 Å². The Bertz CT molecular complexity index is 726. The molecule has 0 saturated carbocycles. The molecule has 0 spiro atoms. The van der Waals surface area contributed by atoms with Crippen LogP contribution in [0.5, 0.6) is 0 Å². The number of carbonyl (C=O) groups is 2. The topological polar surface area (TPSA) is 49.4 Å². The second-order valence-corrected chi connectivity index (χ2v) is 6.70. The highest BCUT2D eigenvalue weighted by atomic mass is 16.2. The number of amides is 2. The number of nitrogens with zero attached hydrogens (tertiary/aromatic N) is 1. The second kappa shape index (κ2) is 10.5. The summed E-state index contributed by atoms with van der Waals surface area (Å²) in [5.74, 6) is 0.0559. The molecular formula is C23H30N2O2. The Hall–Kier alpha value is -2.62. The highest BCUT2D eigenvalue weighted by Crippen LogP contribution is 2.19. The van der Waals surface area contributed by atoms with Gasteiger partial charge in [-0.15, -0.1) is 0 Å². The van der Waals surface area contributed by atoms with Gasteiger partial charge in [0.15, 0.2) is 0 Å². The van der Waals surface area contributed by atoms with Crippen molar-refractivity contribution in [2.45, 2.75) is 46.5 Å². The van der Waals surface area contributed by atoms with Gasteiger partial charge in [-0.1, -0.05) is 44.9 Å². The van der Waals surface area contributed by atoms with Gasteiger partial charge < -0.3 is 10.2 Å². The van der Waals surface area contributed by atoms with Crippen LogP contribution in [0.15, 0.2) is 54.6 Å². The Morgan fingerprint density at radius 1 is 0.963 bits per heavy atom. The lowest BCUT2D eigenvalue weighted by atomic mass is 9.98. The standard InChI is InChI=1S/C23H30N2O2/c1-4-7-11-18(5-2)22(26)24-20-16-14-19(15-17-20)23(27)25(6-3)21-12-9-8-10-13-21/h8-10,12-18H,4-7,11H2,1-3H3,(H,24,26). The molecule has 2 amide bonds. The smallest absolute Gasteiger partial charge is 0.258 e. The van der Waals surface area contributed by atoms with Gasteiger partial charge in [0.1, 0.15) is 0 Å². The van der Waals surface area contributed by atoms with Crippen LogP contribution < -0.4 is 10.2 Å². The summed E-state index contributed by atoms with van der Waals surface area (Å²) in [5.41, 5.74) is 2.22. The SMILES string of the molecule is CCCCC(CC)C(=O)Nc1ccc(C(=O)N(CC)c2ccccc2)cc1. The summed E-state index contributed by atoms with van der Waals surface area (Å²) in [6, 6.07) is 16.8. The van der Waals surface area contributed by atoms with Crippen molar-refractivity contribution in [1.29, 1.82) is 0 Å². The Labute approximate surface area is 162 Å². The van der Waals surface area contributed by atoms with E-state index in [0.717, 1.165) is 37.1 Å². The van der Waals surface area contributed by atoms with Crippen molar-refractivity contribution in [3.63, 3.8) is 0 Å². The zero-order chi connectivity index (χ0) is 19.6. The molecule has 0 aromatic heterocycles. The number of hydrogen-bond donors (Lipinski definition) is 1. The maximum absolute atomic E-state index is 12.8. The third-order valence-electron chi connectivity index (χ3n) is 4.80. The first-order valence-electron chi connectivity index (χ1n) is 9.88. The van der Waals surface area contributed by atoms with Crippen LogP contribution >= 0.6 is 0 Å². The first kappa shape index (κ1) is 20.7. The second-order valence-electron chi connectivity index (χ2n) is 6.70. The highest BCUT2D eigenvalue weighted by Gasteiger charge is 2.18. The first-order valence-corrected chi connectivity index (χ1v) is 9.88. The van der Waals surface area contributed by atoms with Crippen molar-refractivity contribution < 1.29 is 9.59 Å². The summed E-state index contributed by atoms with van der Waals surface area (Å²) in [5, 5.41) is 2.98. The summed E-state index contributed by atoms with van der Waals surface area (Å²) < 4.78 is 0. The number of unbranched alkanes of at least 4 members (excludes halogenated alkanes) is 1. The molecule has 0 bridgehead atoms. The molecule has 2 rings (SSSR count). The average Bonchev–Trinajstić information content (AvgIpc) is 2.70. The molecule has 1 N–H and O–H groups in total. The van der Waals surface area contributed by atoms with Crippen LogP contribution in [-0.4, -0.2) is 18.4 Å². The van der Waals surface area contributed by atoms with Crippen molar-refractivity contribution in [3.8, 4) is 0 Å². The van der Waals surface area contributed by atoms with Gasteiger partial charge >= 0.3 is 0 Å². The molecule has 0 saturated heterocycles. The van der Waals surface area contributed by atoms with E-state index in [1.807, 2.05) is 44.2 Å². The molecule has 4 nitrogen and oxygen atoms in total. The number of hydrogen-bond acceptors (Lipinski definition) is 2.